The lowest BCUT2D eigenvalue weighted by molar-refractivity contribution is -0.140. The molecule has 1 aliphatic rings. The topological polar surface area (TPSA) is 107 Å². The highest BCUT2D eigenvalue weighted by molar-refractivity contribution is 6.46. The molecule has 1 fully saturated rings. The van der Waals surface area contributed by atoms with Crippen LogP contribution >= 0.6 is 0 Å². The SMILES string of the molecule is CCCCOc1ccc(C(O)=C2C(=O)C(=O)N(Cc3cccnc3)[C@H]2c2cc(OC)c(OC)c(OC)c2)c(C)c1. The third-order valence-corrected chi connectivity index (χ3v) is 6.84. The van der Waals surface area contributed by atoms with E-state index >= 15 is 0 Å². The summed E-state index contributed by atoms with van der Waals surface area (Å²) in [4.78, 5) is 32.6. The van der Waals surface area contributed by atoms with E-state index in [9.17, 15) is 14.7 Å². The number of methoxy groups -OCH3 is 3. The number of carbonyl (C=O) groups is 2. The Balaban J connectivity index is 1.88. The number of Topliss-reactive ketones (excluding diaryl/α,β-unsaturated/α-hetero) is 1. The van der Waals surface area contributed by atoms with Crippen molar-refractivity contribution in [3.63, 3.8) is 0 Å². The highest BCUT2D eigenvalue weighted by Crippen LogP contribution is 2.46. The second kappa shape index (κ2) is 12.5. The number of ketones is 1. The third-order valence-electron chi connectivity index (χ3n) is 6.84. The number of pyridine rings is 1. The predicted molar refractivity (Wildman–Crippen MR) is 150 cm³/mol. The summed E-state index contributed by atoms with van der Waals surface area (Å²) in [6.45, 7) is 4.59. The van der Waals surface area contributed by atoms with E-state index in [2.05, 4.69) is 11.9 Å². The first-order chi connectivity index (χ1) is 19.3. The molecule has 2 aromatic carbocycles. The molecule has 0 bridgehead atoms. The van der Waals surface area contributed by atoms with Gasteiger partial charge in [0.05, 0.1) is 39.6 Å². The molecule has 1 saturated heterocycles. The molecule has 3 aromatic rings. The van der Waals surface area contributed by atoms with Crippen LogP contribution < -0.4 is 18.9 Å². The predicted octanol–water partition coefficient (Wildman–Crippen LogP) is 5.22. The van der Waals surface area contributed by atoms with Crippen LogP contribution in [0.1, 0.15) is 48.1 Å². The average Bonchev–Trinajstić information content (AvgIpc) is 3.21. The minimum atomic E-state index is -0.936. The van der Waals surface area contributed by atoms with Crippen LogP contribution in [0, 0.1) is 6.92 Å². The Morgan fingerprint density at radius 2 is 1.75 bits per heavy atom. The van der Waals surface area contributed by atoms with Crippen molar-refractivity contribution in [2.45, 2.75) is 39.3 Å². The van der Waals surface area contributed by atoms with Gasteiger partial charge in [0.2, 0.25) is 5.75 Å². The van der Waals surface area contributed by atoms with Crippen molar-refractivity contribution in [2.24, 2.45) is 0 Å². The number of amides is 1. The summed E-state index contributed by atoms with van der Waals surface area (Å²) in [7, 11) is 4.47. The highest BCUT2D eigenvalue weighted by Gasteiger charge is 2.46. The van der Waals surface area contributed by atoms with Crippen LogP contribution in [-0.4, -0.2) is 54.6 Å². The largest absolute Gasteiger partial charge is 0.507 e. The molecule has 9 heteroatoms. The Hall–Kier alpha value is -4.53. The first kappa shape index (κ1) is 28.5. The molecule has 40 heavy (non-hydrogen) atoms. The maximum atomic E-state index is 13.6. The number of aliphatic hydroxyl groups excluding tert-OH is 1. The maximum Gasteiger partial charge on any atom is 0.295 e. The number of likely N-dealkylation sites (tertiary alicyclic amines) is 1. The normalized spacial score (nSPS) is 16.2. The average molecular weight is 547 g/mol. The van der Waals surface area contributed by atoms with Gasteiger partial charge in [0.1, 0.15) is 11.5 Å². The van der Waals surface area contributed by atoms with Gasteiger partial charge in [-0.15, -0.1) is 0 Å². The van der Waals surface area contributed by atoms with Gasteiger partial charge >= 0.3 is 0 Å². The molecule has 9 nitrogen and oxygen atoms in total. The van der Waals surface area contributed by atoms with Crippen molar-refractivity contribution in [1.82, 2.24) is 9.88 Å². The number of nitrogens with zero attached hydrogens (tertiary/aromatic N) is 2. The fourth-order valence-corrected chi connectivity index (χ4v) is 4.81. The van der Waals surface area contributed by atoms with Crippen LogP contribution in [-0.2, 0) is 16.1 Å². The molecule has 0 aliphatic carbocycles. The zero-order valence-corrected chi connectivity index (χ0v) is 23.4. The van der Waals surface area contributed by atoms with Gasteiger partial charge in [0.15, 0.2) is 11.5 Å². The smallest absolute Gasteiger partial charge is 0.295 e. The second-order valence-corrected chi connectivity index (χ2v) is 9.43. The fourth-order valence-electron chi connectivity index (χ4n) is 4.81. The first-order valence-electron chi connectivity index (χ1n) is 13.1. The van der Waals surface area contributed by atoms with E-state index in [1.807, 2.05) is 19.1 Å². The third kappa shape index (κ3) is 5.59. The number of rotatable bonds is 11. The Morgan fingerprint density at radius 3 is 2.33 bits per heavy atom. The van der Waals surface area contributed by atoms with E-state index in [0.29, 0.717) is 46.3 Å². The lowest BCUT2D eigenvalue weighted by Crippen LogP contribution is -2.29. The standard InChI is InChI=1S/C31H34N2O7/c1-6-7-13-40-22-10-11-23(19(2)14-22)28(34)26-27(21-15-24(37-3)30(39-5)25(16-21)38-4)33(31(36)29(26)35)18-20-9-8-12-32-17-20/h8-12,14-17,27,34H,6-7,13,18H2,1-5H3/t27-/m0/s1. The number of carbonyl (C=O) groups excluding carboxylic acids is 2. The summed E-state index contributed by atoms with van der Waals surface area (Å²) in [6, 6.07) is 11.3. The summed E-state index contributed by atoms with van der Waals surface area (Å²) in [5.74, 6) is -0.0529. The summed E-state index contributed by atoms with van der Waals surface area (Å²) in [5, 5.41) is 11.6. The van der Waals surface area contributed by atoms with E-state index in [0.717, 1.165) is 18.4 Å². The molecule has 2 heterocycles. The van der Waals surface area contributed by atoms with Gasteiger partial charge in [0, 0.05) is 24.5 Å². The number of ether oxygens (including phenoxy) is 4. The number of aliphatic hydroxyl groups is 1. The molecular weight excluding hydrogens is 512 g/mol. The molecule has 210 valence electrons. The van der Waals surface area contributed by atoms with E-state index in [-0.39, 0.29) is 17.9 Å². The number of aromatic nitrogens is 1. The molecule has 1 amide bonds. The zero-order chi connectivity index (χ0) is 28.8. The van der Waals surface area contributed by atoms with Crippen molar-refractivity contribution in [1.29, 1.82) is 0 Å². The van der Waals surface area contributed by atoms with Gasteiger partial charge < -0.3 is 29.0 Å². The number of benzene rings is 2. The van der Waals surface area contributed by atoms with Gasteiger partial charge in [-0.25, -0.2) is 0 Å². The van der Waals surface area contributed by atoms with Gasteiger partial charge in [-0.1, -0.05) is 19.4 Å². The summed E-state index contributed by atoms with van der Waals surface area (Å²) in [6.07, 6.45) is 5.20. The minimum Gasteiger partial charge on any atom is -0.507 e. The van der Waals surface area contributed by atoms with Crippen LogP contribution in [0.15, 0.2) is 60.4 Å². The fraction of sp³-hybridized carbons (Fsp3) is 0.323. The molecule has 0 saturated carbocycles. The molecule has 1 aliphatic heterocycles. The Morgan fingerprint density at radius 1 is 1.02 bits per heavy atom. The van der Waals surface area contributed by atoms with E-state index in [1.54, 1.807) is 42.7 Å². The van der Waals surface area contributed by atoms with Gasteiger partial charge in [-0.3, -0.25) is 14.6 Å². The first-order valence-corrected chi connectivity index (χ1v) is 13.1. The molecule has 1 aromatic heterocycles. The van der Waals surface area contributed by atoms with E-state index < -0.39 is 17.7 Å². The molecule has 1 atom stereocenters. The van der Waals surface area contributed by atoms with Crippen molar-refractivity contribution >= 4 is 17.4 Å². The van der Waals surface area contributed by atoms with Crippen LogP contribution in [0.3, 0.4) is 0 Å². The minimum absolute atomic E-state index is 0.0362. The molecule has 0 spiro atoms. The van der Waals surface area contributed by atoms with Gasteiger partial charge in [0.25, 0.3) is 11.7 Å². The zero-order valence-electron chi connectivity index (χ0n) is 23.4. The number of aryl methyl sites for hydroxylation is 1. The van der Waals surface area contributed by atoms with E-state index in [4.69, 9.17) is 18.9 Å². The quantitative estimate of drug-likeness (QED) is 0.151. The van der Waals surface area contributed by atoms with Crippen molar-refractivity contribution in [3.8, 4) is 23.0 Å². The van der Waals surface area contributed by atoms with Crippen molar-refractivity contribution in [2.75, 3.05) is 27.9 Å². The van der Waals surface area contributed by atoms with Crippen LogP contribution in [0.25, 0.3) is 5.76 Å². The van der Waals surface area contributed by atoms with Crippen LogP contribution in [0.5, 0.6) is 23.0 Å². The van der Waals surface area contributed by atoms with Gasteiger partial charge in [-0.05, 0) is 66.4 Å². The monoisotopic (exact) mass is 546 g/mol. The molecule has 0 unspecified atom stereocenters. The van der Waals surface area contributed by atoms with Crippen LogP contribution in [0.4, 0.5) is 0 Å². The number of hydrogen-bond donors (Lipinski definition) is 1. The number of hydrogen-bond acceptors (Lipinski definition) is 8. The molecule has 4 rings (SSSR count). The molecule has 0 radical (unpaired) electrons. The Labute approximate surface area is 234 Å². The Kier molecular flexibility index (Phi) is 8.93. The number of unbranched alkanes of at least 4 members (excludes halogenated alkanes) is 1. The molecule has 1 N–H and O–H groups in total. The maximum absolute atomic E-state index is 13.6. The summed E-state index contributed by atoms with van der Waals surface area (Å²) < 4.78 is 22.4. The lowest BCUT2D eigenvalue weighted by Gasteiger charge is -2.26. The van der Waals surface area contributed by atoms with Crippen LogP contribution in [0.2, 0.25) is 0 Å². The summed E-state index contributed by atoms with van der Waals surface area (Å²) in [5.41, 5.74) is 2.34. The second-order valence-electron chi connectivity index (χ2n) is 9.43. The van der Waals surface area contributed by atoms with Gasteiger partial charge in [-0.2, -0.15) is 0 Å². The van der Waals surface area contributed by atoms with Crippen molar-refractivity contribution in [3.05, 3.63) is 82.7 Å². The molecular formula is C31H34N2O7. The highest BCUT2D eigenvalue weighted by atomic mass is 16.5. The Bertz CT molecular complexity index is 1390. The lowest BCUT2D eigenvalue weighted by atomic mass is 9.93. The van der Waals surface area contributed by atoms with Crippen molar-refractivity contribution < 1.29 is 33.6 Å². The summed E-state index contributed by atoms with van der Waals surface area (Å²) >= 11 is 0. The van der Waals surface area contributed by atoms with E-state index in [1.165, 1.54) is 26.2 Å².